The lowest BCUT2D eigenvalue weighted by Crippen LogP contribution is -2.36. The Kier molecular flexibility index (Phi) is 9.26. The van der Waals surface area contributed by atoms with Crippen LogP contribution in [-0.2, 0) is 17.8 Å². The van der Waals surface area contributed by atoms with E-state index in [9.17, 15) is 4.79 Å². The molecule has 5 nitrogen and oxygen atoms in total. The molecule has 0 unspecified atom stereocenters. The summed E-state index contributed by atoms with van der Waals surface area (Å²) < 4.78 is 4.95. The first-order chi connectivity index (χ1) is 10.7. The van der Waals surface area contributed by atoms with Gasteiger partial charge in [-0.2, -0.15) is 0 Å². The van der Waals surface area contributed by atoms with Crippen molar-refractivity contribution in [2.45, 2.75) is 33.4 Å². The van der Waals surface area contributed by atoms with Crippen LogP contribution in [0, 0.1) is 0 Å². The summed E-state index contributed by atoms with van der Waals surface area (Å²) in [5, 5.41) is 5.75. The fourth-order valence-corrected chi connectivity index (χ4v) is 2.23. The highest BCUT2D eigenvalue weighted by molar-refractivity contribution is 5.73. The molecule has 0 saturated carbocycles. The highest BCUT2D eigenvalue weighted by Gasteiger charge is 2.07. The first-order valence-corrected chi connectivity index (χ1v) is 8.01. The molecule has 0 heterocycles. The van der Waals surface area contributed by atoms with Crippen LogP contribution in [0.3, 0.4) is 0 Å². The Hall–Kier alpha value is -1.59. The molecule has 2 N–H and O–H groups in total. The Morgan fingerprint density at radius 3 is 2.45 bits per heavy atom. The van der Waals surface area contributed by atoms with Crippen LogP contribution in [-0.4, -0.2) is 44.3 Å². The zero-order chi connectivity index (χ0) is 16.2. The lowest BCUT2D eigenvalue weighted by molar-refractivity contribution is 0.193. The summed E-state index contributed by atoms with van der Waals surface area (Å²) in [5.74, 6) is 0. The van der Waals surface area contributed by atoms with Crippen LogP contribution in [0.25, 0.3) is 0 Å². The van der Waals surface area contributed by atoms with Crippen molar-refractivity contribution in [1.82, 2.24) is 15.5 Å². The minimum Gasteiger partial charge on any atom is -0.385 e. The molecule has 0 spiro atoms. The summed E-state index contributed by atoms with van der Waals surface area (Å²) in [6, 6.07) is 8.14. The van der Waals surface area contributed by atoms with Gasteiger partial charge in [-0.3, -0.25) is 4.90 Å². The maximum absolute atomic E-state index is 11.8. The largest absolute Gasteiger partial charge is 0.385 e. The van der Waals surface area contributed by atoms with Gasteiger partial charge in [0.2, 0.25) is 0 Å². The Morgan fingerprint density at radius 2 is 1.82 bits per heavy atom. The second kappa shape index (κ2) is 11.0. The van der Waals surface area contributed by atoms with Crippen molar-refractivity contribution in [2.75, 3.05) is 33.4 Å². The third-order valence-corrected chi connectivity index (χ3v) is 3.66. The molecule has 2 amide bonds. The van der Waals surface area contributed by atoms with Crippen molar-refractivity contribution in [1.29, 1.82) is 0 Å². The highest BCUT2D eigenvalue weighted by atomic mass is 16.5. The van der Waals surface area contributed by atoms with E-state index < -0.39 is 0 Å². The Labute approximate surface area is 134 Å². The Bertz CT molecular complexity index is 434. The van der Waals surface area contributed by atoms with E-state index in [-0.39, 0.29) is 6.03 Å². The van der Waals surface area contributed by atoms with Crippen molar-refractivity contribution in [3.8, 4) is 0 Å². The van der Waals surface area contributed by atoms with Gasteiger partial charge >= 0.3 is 6.03 Å². The number of benzene rings is 1. The van der Waals surface area contributed by atoms with Crippen LogP contribution >= 0.6 is 0 Å². The van der Waals surface area contributed by atoms with E-state index >= 15 is 0 Å². The summed E-state index contributed by atoms with van der Waals surface area (Å²) in [7, 11) is 1.66. The third-order valence-electron chi connectivity index (χ3n) is 3.66. The van der Waals surface area contributed by atoms with Crippen molar-refractivity contribution in [3.63, 3.8) is 0 Å². The number of hydrogen-bond donors (Lipinski definition) is 2. The predicted octanol–water partition coefficient (Wildman–Crippen LogP) is 2.36. The predicted molar refractivity (Wildman–Crippen MR) is 89.8 cm³/mol. The average Bonchev–Trinajstić information content (AvgIpc) is 2.55. The quantitative estimate of drug-likeness (QED) is 0.653. The summed E-state index contributed by atoms with van der Waals surface area (Å²) in [5.41, 5.74) is 2.44. The summed E-state index contributed by atoms with van der Waals surface area (Å²) >= 11 is 0. The van der Waals surface area contributed by atoms with Gasteiger partial charge in [0.25, 0.3) is 0 Å². The molecule has 0 saturated heterocycles. The maximum atomic E-state index is 11.8. The van der Waals surface area contributed by atoms with Crippen molar-refractivity contribution in [2.24, 2.45) is 0 Å². The zero-order valence-electron chi connectivity index (χ0n) is 14.0. The van der Waals surface area contributed by atoms with Crippen LogP contribution in [0.2, 0.25) is 0 Å². The van der Waals surface area contributed by atoms with E-state index in [0.29, 0.717) is 19.7 Å². The molecule has 0 aliphatic heterocycles. The molecule has 1 rings (SSSR count). The average molecular weight is 307 g/mol. The number of hydrogen-bond acceptors (Lipinski definition) is 3. The van der Waals surface area contributed by atoms with Gasteiger partial charge < -0.3 is 15.4 Å². The normalized spacial score (nSPS) is 10.7. The molecule has 0 aromatic heterocycles. The molecule has 0 fully saturated rings. The van der Waals surface area contributed by atoms with E-state index in [1.807, 2.05) is 12.1 Å². The van der Waals surface area contributed by atoms with Crippen molar-refractivity contribution in [3.05, 3.63) is 35.4 Å². The number of amides is 2. The molecule has 0 radical (unpaired) electrons. The lowest BCUT2D eigenvalue weighted by atomic mass is 10.1. The topological polar surface area (TPSA) is 53.6 Å². The van der Waals surface area contributed by atoms with Crippen LogP contribution in [0.15, 0.2) is 24.3 Å². The molecule has 1 aromatic rings. The van der Waals surface area contributed by atoms with Gasteiger partial charge in [0, 0.05) is 33.4 Å². The number of carbonyl (C=O) groups excluding carboxylic acids is 1. The first kappa shape index (κ1) is 18.5. The fourth-order valence-electron chi connectivity index (χ4n) is 2.23. The first-order valence-electron chi connectivity index (χ1n) is 8.01. The Balaban J connectivity index is 2.46. The van der Waals surface area contributed by atoms with E-state index in [2.05, 4.69) is 41.5 Å². The van der Waals surface area contributed by atoms with E-state index in [1.165, 1.54) is 11.1 Å². The van der Waals surface area contributed by atoms with Gasteiger partial charge in [0.1, 0.15) is 0 Å². The Morgan fingerprint density at radius 1 is 1.14 bits per heavy atom. The van der Waals surface area contributed by atoms with E-state index in [1.54, 1.807) is 7.11 Å². The number of methoxy groups -OCH3 is 1. The second-order valence-corrected chi connectivity index (χ2v) is 5.19. The molecule has 0 bridgehead atoms. The number of ether oxygens (including phenoxy) is 1. The van der Waals surface area contributed by atoms with Crippen molar-refractivity contribution >= 4 is 6.03 Å². The zero-order valence-corrected chi connectivity index (χ0v) is 14.0. The maximum Gasteiger partial charge on any atom is 0.315 e. The molecule has 22 heavy (non-hydrogen) atoms. The molecule has 0 atom stereocenters. The van der Waals surface area contributed by atoms with Gasteiger partial charge in [0.05, 0.1) is 0 Å². The van der Waals surface area contributed by atoms with E-state index in [4.69, 9.17) is 4.74 Å². The third kappa shape index (κ3) is 6.91. The summed E-state index contributed by atoms with van der Waals surface area (Å²) in [6.07, 6.45) is 0.822. The molecular formula is C17H29N3O2. The van der Waals surface area contributed by atoms with Gasteiger partial charge in [-0.15, -0.1) is 0 Å². The monoisotopic (exact) mass is 307 g/mol. The molecule has 0 aliphatic rings. The SMILES string of the molecule is CCN(CC)Cc1ccccc1CNC(=O)NCCCOC. The van der Waals surface area contributed by atoms with Crippen LogP contribution in [0.4, 0.5) is 4.79 Å². The molecular weight excluding hydrogens is 278 g/mol. The summed E-state index contributed by atoms with van der Waals surface area (Å²) in [6.45, 7) is 9.13. The molecule has 124 valence electrons. The molecule has 0 aliphatic carbocycles. The van der Waals surface area contributed by atoms with Gasteiger partial charge in [-0.1, -0.05) is 38.1 Å². The van der Waals surface area contributed by atoms with Gasteiger partial charge in [-0.05, 0) is 30.6 Å². The number of rotatable bonds is 10. The van der Waals surface area contributed by atoms with Gasteiger partial charge in [0.15, 0.2) is 0 Å². The van der Waals surface area contributed by atoms with Crippen LogP contribution < -0.4 is 10.6 Å². The molecule has 1 aromatic carbocycles. The highest BCUT2D eigenvalue weighted by Crippen LogP contribution is 2.11. The second-order valence-electron chi connectivity index (χ2n) is 5.19. The summed E-state index contributed by atoms with van der Waals surface area (Å²) in [4.78, 5) is 14.1. The minimum atomic E-state index is -0.131. The minimum absolute atomic E-state index is 0.131. The lowest BCUT2D eigenvalue weighted by Gasteiger charge is -2.20. The number of nitrogens with zero attached hydrogens (tertiary/aromatic N) is 1. The van der Waals surface area contributed by atoms with Crippen molar-refractivity contribution < 1.29 is 9.53 Å². The fraction of sp³-hybridized carbons (Fsp3) is 0.588. The van der Waals surface area contributed by atoms with Crippen LogP contribution in [0.5, 0.6) is 0 Å². The number of urea groups is 1. The standard InChI is InChI=1S/C17H29N3O2/c1-4-20(5-2)14-16-10-7-6-9-15(16)13-19-17(21)18-11-8-12-22-3/h6-7,9-10H,4-5,8,11-14H2,1-3H3,(H2,18,19,21). The molecule has 5 heteroatoms. The number of nitrogens with one attached hydrogen (secondary N) is 2. The number of carbonyl (C=O) groups is 1. The van der Waals surface area contributed by atoms with E-state index in [0.717, 1.165) is 26.1 Å². The van der Waals surface area contributed by atoms with Gasteiger partial charge in [-0.25, -0.2) is 4.79 Å². The van der Waals surface area contributed by atoms with Crippen LogP contribution in [0.1, 0.15) is 31.4 Å². The smallest absolute Gasteiger partial charge is 0.315 e.